The lowest BCUT2D eigenvalue weighted by molar-refractivity contribution is 0.0957. The second-order valence-electron chi connectivity index (χ2n) is 7.59. The number of H-pyrrole nitrogens is 1. The molecule has 2 N–H and O–H groups in total. The molecule has 0 aliphatic carbocycles. The number of anilines is 1. The number of pyridine rings is 3. The fraction of sp³-hybridized carbons (Fsp3) is 0.364. The zero-order valence-electron chi connectivity index (χ0n) is 17.6. The van der Waals surface area contributed by atoms with Crippen LogP contribution in [0.4, 0.5) is 10.1 Å². The van der Waals surface area contributed by atoms with E-state index >= 15 is 0 Å². The third-order valence-corrected chi connectivity index (χ3v) is 5.63. The van der Waals surface area contributed by atoms with Gasteiger partial charge >= 0.3 is 0 Å². The number of aryl methyl sites for hydroxylation is 1. The molecule has 0 aromatic carbocycles. The summed E-state index contributed by atoms with van der Waals surface area (Å²) in [5.74, 6) is -1.05. The highest BCUT2D eigenvalue weighted by Gasteiger charge is 2.21. The summed E-state index contributed by atoms with van der Waals surface area (Å²) in [4.78, 5) is 39.2. The topological polar surface area (TPSA) is 94.2 Å². The molecule has 9 heteroatoms. The molecule has 8 nitrogen and oxygen atoms in total. The van der Waals surface area contributed by atoms with E-state index in [0.29, 0.717) is 31.7 Å². The molecule has 4 heterocycles. The Hall–Kier alpha value is -3.33. The van der Waals surface area contributed by atoms with Crippen molar-refractivity contribution in [1.29, 1.82) is 0 Å². The largest absolute Gasteiger partial charge is 0.365 e. The molecule has 0 spiro atoms. The number of halogens is 1. The van der Waals surface area contributed by atoms with Gasteiger partial charge in [0.15, 0.2) is 0 Å². The second kappa shape index (κ2) is 8.81. The normalized spacial score (nSPS) is 14.7. The average molecular weight is 424 g/mol. The van der Waals surface area contributed by atoms with Crippen molar-refractivity contribution in [2.45, 2.75) is 19.9 Å². The van der Waals surface area contributed by atoms with Crippen LogP contribution in [0, 0.1) is 5.95 Å². The van der Waals surface area contributed by atoms with Gasteiger partial charge in [0.25, 0.3) is 11.5 Å². The first kappa shape index (κ1) is 20.9. The first-order valence-electron chi connectivity index (χ1n) is 10.3. The Kier molecular flexibility index (Phi) is 5.94. The molecule has 3 aromatic heterocycles. The van der Waals surface area contributed by atoms with Crippen molar-refractivity contribution in [3.05, 3.63) is 63.7 Å². The number of amides is 1. The summed E-state index contributed by atoms with van der Waals surface area (Å²) in [7, 11) is 1.49. The number of fused-ring (bicyclic) bond motifs is 1. The van der Waals surface area contributed by atoms with E-state index in [-0.39, 0.29) is 11.3 Å². The van der Waals surface area contributed by atoms with Crippen molar-refractivity contribution in [2.75, 3.05) is 38.1 Å². The lowest BCUT2D eigenvalue weighted by atomic mass is 10.1. The summed E-state index contributed by atoms with van der Waals surface area (Å²) < 4.78 is 14.4. The van der Waals surface area contributed by atoms with Gasteiger partial charge in [0, 0.05) is 56.9 Å². The van der Waals surface area contributed by atoms with Crippen LogP contribution in [0.25, 0.3) is 10.9 Å². The molecule has 1 aliphatic rings. The van der Waals surface area contributed by atoms with E-state index in [1.165, 1.54) is 13.1 Å². The third kappa shape index (κ3) is 4.41. The Morgan fingerprint density at radius 1 is 1.23 bits per heavy atom. The molecule has 31 heavy (non-hydrogen) atoms. The van der Waals surface area contributed by atoms with Crippen LogP contribution in [0.1, 0.15) is 28.7 Å². The highest BCUT2D eigenvalue weighted by atomic mass is 19.1. The standard InChI is InChI=1S/C22H25FN6O2/c1-3-14-10-15-12-25-16(11-18(15)27-21(14)30)13-28-6-8-29(9-7-28)19-5-4-17(22(31)24-2)26-20(19)23/h4-5,10-12H,3,6-9,13H2,1-2H3,(H,24,31)(H,27,30). The molecular formula is C22H25FN6O2. The van der Waals surface area contributed by atoms with Crippen LogP contribution in [0.2, 0.25) is 0 Å². The Bertz CT molecular complexity index is 1170. The van der Waals surface area contributed by atoms with Gasteiger partial charge in [-0.05, 0) is 30.7 Å². The molecule has 1 saturated heterocycles. The van der Waals surface area contributed by atoms with Crippen LogP contribution >= 0.6 is 0 Å². The molecular weight excluding hydrogens is 399 g/mol. The Morgan fingerprint density at radius 2 is 2.00 bits per heavy atom. The molecule has 1 fully saturated rings. The number of hydrogen-bond acceptors (Lipinski definition) is 6. The number of hydrogen-bond donors (Lipinski definition) is 2. The lowest BCUT2D eigenvalue weighted by Gasteiger charge is -2.35. The molecule has 0 atom stereocenters. The maximum absolute atomic E-state index is 14.4. The Morgan fingerprint density at radius 3 is 2.68 bits per heavy atom. The maximum Gasteiger partial charge on any atom is 0.269 e. The molecule has 0 bridgehead atoms. The van der Waals surface area contributed by atoms with Crippen LogP contribution in [0.5, 0.6) is 0 Å². The van der Waals surface area contributed by atoms with Crippen molar-refractivity contribution in [3.8, 4) is 0 Å². The smallest absolute Gasteiger partial charge is 0.269 e. The van der Waals surface area contributed by atoms with Gasteiger partial charge in [-0.1, -0.05) is 6.92 Å². The highest BCUT2D eigenvalue weighted by molar-refractivity contribution is 5.92. The minimum absolute atomic E-state index is 0.0566. The van der Waals surface area contributed by atoms with E-state index in [4.69, 9.17) is 0 Å². The molecule has 1 aliphatic heterocycles. The zero-order chi connectivity index (χ0) is 22.0. The SMILES string of the molecule is CCc1cc2cnc(CN3CCN(c4ccc(C(=O)NC)nc4F)CC3)cc2[nH]c1=O. The number of carbonyl (C=O) groups is 1. The molecule has 4 rings (SSSR count). The van der Waals surface area contributed by atoms with Gasteiger partial charge in [0.2, 0.25) is 5.95 Å². The predicted octanol–water partition coefficient (Wildman–Crippen LogP) is 1.70. The lowest BCUT2D eigenvalue weighted by Crippen LogP contribution is -2.46. The van der Waals surface area contributed by atoms with Crippen LogP contribution in [0.15, 0.2) is 35.3 Å². The number of nitrogens with one attached hydrogen (secondary N) is 2. The van der Waals surface area contributed by atoms with E-state index in [1.807, 2.05) is 24.0 Å². The molecule has 162 valence electrons. The van der Waals surface area contributed by atoms with Crippen LogP contribution in [-0.4, -0.2) is 59.0 Å². The van der Waals surface area contributed by atoms with Crippen LogP contribution in [-0.2, 0) is 13.0 Å². The van der Waals surface area contributed by atoms with Crippen molar-refractivity contribution in [2.24, 2.45) is 0 Å². The minimum Gasteiger partial charge on any atom is -0.365 e. The average Bonchev–Trinajstić information content (AvgIpc) is 2.78. The van der Waals surface area contributed by atoms with E-state index in [2.05, 4.69) is 25.2 Å². The number of aromatic amines is 1. The van der Waals surface area contributed by atoms with Gasteiger partial charge < -0.3 is 15.2 Å². The van der Waals surface area contributed by atoms with E-state index < -0.39 is 11.9 Å². The van der Waals surface area contributed by atoms with Gasteiger partial charge in [-0.15, -0.1) is 0 Å². The molecule has 0 radical (unpaired) electrons. The first-order valence-corrected chi connectivity index (χ1v) is 10.3. The van der Waals surface area contributed by atoms with Crippen molar-refractivity contribution in [1.82, 2.24) is 25.2 Å². The monoisotopic (exact) mass is 424 g/mol. The van der Waals surface area contributed by atoms with Crippen molar-refractivity contribution in [3.63, 3.8) is 0 Å². The van der Waals surface area contributed by atoms with Crippen molar-refractivity contribution < 1.29 is 9.18 Å². The van der Waals surface area contributed by atoms with E-state index in [1.54, 1.807) is 12.3 Å². The molecule has 0 unspecified atom stereocenters. The van der Waals surface area contributed by atoms with Gasteiger partial charge in [-0.2, -0.15) is 4.39 Å². The summed E-state index contributed by atoms with van der Waals surface area (Å²) in [5.41, 5.74) is 2.83. The first-order chi connectivity index (χ1) is 15.0. The molecule has 1 amide bonds. The van der Waals surface area contributed by atoms with Crippen LogP contribution in [0.3, 0.4) is 0 Å². The number of nitrogens with zero attached hydrogens (tertiary/aromatic N) is 4. The zero-order valence-corrected chi connectivity index (χ0v) is 17.6. The fourth-order valence-electron chi connectivity index (χ4n) is 3.83. The molecule has 3 aromatic rings. The molecule has 0 saturated carbocycles. The summed E-state index contributed by atoms with van der Waals surface area (Å²) in [6, 6.07) is 6.95. The highest BCUT2D eigenvalue weighted by Crippen LogP contribution is 2.21. The third-order valence-electron chi connectivity index (χ3n) is 5.63. The van der Waals surface area contributed by atoms with E-state index in [0.717, 1.165) is 35.2 Å². The van der Waals surface area contributed by atoms with E-state index in [9.17, 15) is 14.0 Å². The summed E-state index contributed by atoms with van der Waals surface area (Å²) in [6.07, 6.45) is 2.48. The summed E-state index contributed by atoms with van der Waals surface area (Å²) >= 11 is 0. The maximum atomic E-state index is 14.4. The van der Waals surface area contributed by atoms with Crippen molar-refractivity contribution >= 4 is 22.5 Å². The minimum atomic E-state index is -0.638. The summed E-state index contributed by atoms with van der Waals surface area (Å²) in [6.45, 7) is 5.36. The van der Waals surface area contributed by atoms with Crippen LogP contribution < -0.4 is 15.8 Å². The number of aromatic nitrogens is 3. The predicted molar refractivity (Wildman–Crippen MR) is 117 cm³/mol. The Balaban J connectivity index is 1.41. The fourth-order valence-corrected chi connectivity index (χ4v) is 3.83. The van der Waals surface area contributed by atoms with Gasteiger partial charge in [-0.25, -0.2) is 4.98 Å². The number of piperazine rings is 1. The summed E-state index contributed by atoms with van der Waals surface area (Å²) in [5, 5.41) is 3.37. The van der Waals surface area contributed by atoms with Gasteiger partial charge in [-0.3, -0.25) is 19.5 Å². The van der Waals surface area contributed by atoms with Gasteiger partial charge in [0.05, 0.1) is 16.9 Å². The number of carbonyl (C=O) groups excluding carboxylic acids is 1. The second-order valence-corrected chi connectivity index (χ2v) is 7.59. The Labute approximate surface area is 179 Å². The number of rotatable bonds is 5. The quantitative estimate of drug-likeness (QED) is 0.606. The van der Waals surface area contributed by atoms with Gasteiger partial charge in [0.1, 0.15) is 5.69 Å².